The van der Waals surface area contributed by atoms with Crippen LogP contribution >= 0.6 is 0 Å². The number of carbonyl (C=O) groups excluding carboxylic acids is 1. The largest absolute Gasteiger partial charge is 0.492 e. The molecule has 0 spiro atoms. The van der Waals surface area contributed by atoms with Gasteiger partial charge in [-0.05, 0) is 72.8 Å². The fourth-order valence-corrected chi connectivity index (χ4v) is 5.64. The van der Waals surface area contributed by atoms with Gasteiger partial charge in [-0.3, -0.25) is 9.36 Å². The molecule has 2 aromatic heterocycles. The third kappa shape index (κ3) is 7.81. The number of allylic oxidation sites excluding steroid dienone is 1. The van der Waals surface area contributed by atoms with Crippen LogP contribution in [0.15, 0.2) is 77.7 Å². The molecule has 0 unspecified atom stereocenters. The quantitative estimate of drug-likeness (QED) is 0.149. The zero-order valence-corrected chi connectivity index (χ0v) is 27.7. The number of ether oxygens (including phenoxy) is 1. The fraction of sp³-hybridized carbons (Fsp3) is 0.378. The SMILES string of the molecule is C=C(C)Cn1c(=O)c(NC(=O)Nc2c(C(C)C)cccc2C(C)C)c(-c2cccc(OCCN(CC)CC)c2)c2cccnc21. The van der Waals surface area contributed by atoms with Gasteiger partial charge in [0.05, 0.1) is 0 Å². The maximum Gasteiger partial charge on any atom is 0.323 e. The molecule has 8 nitrogen and oxygen atoms in total. The summed E-state index contributed by atoms with van der Waals surface area (Å²) in [5.41, 5.74) is 5.30. The fourth-order valence-electron chi connectivity index (χ4n) is 5.64. The average molecular weight is 610 g/mol. The van der Waals surface area contributed by atoms with Crippen LogP contribution in [0.2, 0.25) is 0 Å². The molecule has 4 rings (SSSR count). The van der Waals surface area contributed by atoms with Crippen molar-refractivity contribution in [1.29, 1.82) is 0 Å². The van der Waals surface area contributed by atoms with Crippen molar-refractivity contribution >= 4 is 28.4 Å². The molecule has 8 heteroatoms. The summed E-state index contributed by atoms with van der Waals surface area (Å²) in [6.45, 7) is 22.1. The number of aromatic nitrogens is 2. The number of hydrogen-bond acceptors (Lipinski definition) is 5. The molecule has 45 heavy (non-hydrogen) atoms. The highest BCUT2D eigenvalue weighted by molar-refractivity contribution is 6.07. The number of anilines is 2. The lowest BCUT2D eigenvalue weighted by atomic mass is 9.93. The van der Waals surface area contributed by atoms with Crippen LogP contribution in [0, 0.1) is 0 Å². The van der Waals surface area contributed by atoms with Crippen LogP contribution < -0.4 is 20.9 Å². The molecular formula is C37H47N5O3. The topological polar surface area (TPSA) is 88.5 Å². The third-order valence-corrected chi connectivity index (χ3v) is 7.99. The zero-order chi connectivity index (χ0) is 32.7. The molecule has 2 N–H and O–H groups in total. The van der Waals surface area contributed by atoms with Crippen molar-refractivity contribution in [2.75, 3.05) is 36.9 Å². The maximum atomic E-state index is 14.3. The van der Waals surface area contributed by atoms with Crippen LogP contribution in [0.4, 0.5) is 16.2 Å². The zero-order valence-electron chi connectivity index (χ0n) is 27.7. The summed E-state index contributed by atoms with van der Waals surface area (Å²) in [5.74, 6) is 1.07. The second-order valence-electron chi connectivity index (χ2n) is 12.1. The standard InChI is InChI=1S/C37H47N5O3/c1-9-41(10-2)20-21-45-28-15-11-14-27(22-28)32-31-18-13-19-38-35(31)42(23-24(3)4)36(43)34(32)40-37(44)39-33-29(25(5)6)16-12-17-30(33)26(7)8/h11-19,22,25-26H,3,9-10,20-21,23H2,1-2,4-8H3,(H2,39,40,44). The smallest absolute Gasteiger partial charge is 0.323 e. The van der Waals surface area contributed by atoms with E-state index in [9.17, 15) is 9.59 Å². The second-order valence-corrected chi connectivity index (χ2v) is 12.1. The molecule has 0 radical (unpaired) electrons. The van der Waals surface area contributed by atoms with E-state index in [1.54, 1.807) is 10.8 Å². The highest BCUT2D eigenvalue weighted by Crippen LogP contribution is 2.36. The minimum atomic E-state index is -0.486. The van der Waals surface area contributed by atoms with Crippen LogP contribution in [0.5, 0.6) is 5.75 Å². The van der Waals surface area contributed by atoms with Crippen LogP contribution in [-0.2, 0) is 6.54 Å². The maximum absolute atomic E-state index is 14.3. The molecule has 0 aliphatic carbocycles. The minimum absolute atomic E-state index is 0.169. The summed E-state index contributed by atoms with van der Waals surface area (Å²) in [4.78, 5) is 35.0. The molecule has 2 aromatic carbocycles. The van der Waals surface area contributed by atoms with Crippen molar-refractivity contribution in [2.45, 2.75) is 66.8 Å². The van der Waals surface area contributed by atoms with Crippen LogP contribution in [0.25, 0.3) is 22.2 Å². The number of rotatable bonds is 13. The number of para-hydroxylation sites is 1. The predicted octanol–water partition coefficient (Wildman–Crippen LogP) is 8.25. The van der Waals surface area contributed by atoms with Gasteiger partial charge in [-0.25, -0.2) is 9.78 Å². The van der Waals surface area contributed by atoms with Crippen molar-refractivity contribution in [3.63, 3.8) is 0 Å². The molecule has 4 aromatic rings. The van der Waals surface area contributed by atoms with Crippen molar-refractivity contribution in [1.82, 2.24) is 14.5 Å². The van der Waals surface area contributed by atoms with E-state index in [2.05, 4.69) is 68.6 Å². The Morgan fingerprint density at radius 1 is 0.956 bits per heavy atom. The highest BCUT2D eigenvalue weighted by atomic mass is 16.5. The van der Waals surface area contributed by atoms with E-state index < -0.39 is 6.03 Å². The number of pyridine rings is 2. The van der Waals surface area contributed by atoms with Crippen molar-refractivity contribution in [2.24, 2.45) is 0 Å². The summed E-state index contributed by atoms with van der Waals surface area (Å²) < 4.78 is 7.71. The van der Waals surface area contributed by atoms with E-state index in [4.69, 9.17) is 4.74 Å². The first-order chi connectivity index (χ1) is 21.5. The summed E-state index contributed by atoms with van der Waals surface area (Å²) in [7, 11) is 0. The van der Waals surface area contributed by atoms with Crippen LogP contribution in [0.3, 0.4) is 0 Å². The Kier molecular flexibility index (Phi) is 11.2. The van der Waals surface area contributed by atoms with Crippen LogP contribution in [-0.4, -0.2) is 46.7 Å². The van der Waals surface area contributed by atoms with Gasteiger partial charge in [-0.2, -0.15) is 0 Å². The van der Waals surface area contributed by atoms with E-state index in [0.717, 1.165) is 53.0 Å². The van der Waals surface area contributed by atoms with Gasteiger partial charge in [0.15, 0.2) is 0 Å². The third-order valence-electron chi connectivity index (χ3n) is 7.99. The molecule has 0 aliphatic rings. The van der Waals surface area contributed by atoms with Gasteiger partial charge in [0.1, 0.15) is 23.7 Å². The normalized spacial score (nSPS) is 11.4. The summed E-state index contributed by atoms with van der Waals surface area (Å²) in [6, 6.07) is 17.0. The van der Waals surface area contributed by atoms with Gasteiger partial charge in [-0.1, -0.05) is 84.0 Å². The molecule has 0 aliphatic heterocycles. The second kappa shape index (κ2) is 15.0. The van der Waals surface area contributed by atoms with Crippen molar-refractivity contribution in [3.05, 3.63) is 94.4 Å². The van der Waals surface area contributed by atoms with E-state index in [0.29, 0.717) is 23.6 Å². The van der Waals surface area contributed by atoms with Crippen molar-refractivity contribution < 1.29 is 9.53 Å². The molecule has 0 saturated carbocycles. The minimum Gasteiger partial charge on any atom is -0.492 e. The van der Waals surface area contributed by atoms with E-state index in [1.807, 2.05) is 61.5 Å². The van der Waals surface area contributed by atoms with Gasteiger partial charge in [-0.15, -0.1) is 0 Å². The number of hydrogen-bond donors (Lipinski definition) is 2. The first-order valence-electron chi connectivity index (χ1n) is 15.9. The Morgan fingerprint density at radius 2 is 1.60 bits per heavy atom. The summed E-state index contributed by atoms with van der Waals surface area (Å²) >= 11 is 0. The summed E-state index contributed by atoms with van der Waals surface area (Å²) in [5, 5.41) is 6.81. The lowest BCUT2D eigenvalue weighted by molar-refractivity contribution is 0.223. The molecular weight excluding hydrogens is 562 g/mol. The number of urea groups is 1. The Balaban J connectivity index is 1.84. The number of carbonyl (C=O) groups is 1. The highest BCUT2D eigenvalue weighted by Gasteiger charge is 2.23. The lowest BCUT2D eigenvalue weighted by Crippen LogP contribution is -2.30. The number of amides is 2. The molecule has 0 fully saturated rings. The number of nitrogens with zero attached hydrogens (tertiary/aromatic N) is 3. The first-order valence-corrected chi connectivity index (χ1v) is 15.9. The van der Waals surface area contributed by atoms with Gasteiger partial charge in [0.25, 0.3) is 5.56 Å². The van der Waals surface area contributed by atoms with Gasteiger partial charge >= 0.3 is 6.03 Å². The Labute approximate surface area is 267 Å². The summed E-state index contributed by atoms with van der Waals surface area (Å²) in [6.07, 6.45) is 1.67. The van der Waals surface area contributed by atoms with E-state index in [-0.39, 0.29) is 29.6 Å². The van der Waals surface area contributed by atoms with Gasteiger partial charge < -0.3 is 20.3 Å². The predicted molar refractivity (Wildman–Crippen MR) is 187 cm³/mol. The molecule has 0 saturated heterocycles. The molecule has 2 amide bonds. The Bertz CT molecular complexity index is 1690. The number of nitrogens with one attached hydrogen (secondary N) is 2. The van der Waals surface area contributed by atoms with Crippen LogP contribution in [0.1, 0.15) is 71.4 Å². The van der Waals surface area contributed by atoms with Gasteiger partial charge in [0.2, 0.25) is 0 Å². The van der Waals surface area contributed by atoms with Crippen molar-refractivity contribution in [3.8, 4) is 16.9 Å². The first kappa shape index (κ1) is 33.5. The molecule has 2 heterocycles. The molecule has 0 atom stereocenters. The molecule has 238 valence electrons. The monoisotopic (exact) mass is 609 g/mol. The Hall–Kier alpha value is -4.43. The Morgan fingerprint density at radius 3 is 2.22 bits per heavy atom. The number of likely N-dealkylation sites (N-methyl/N-ethyl adjacent to an activating group) is 1. The van der Waals surface area contributed by atoms with Gasteiger partial charge in [0, 0.05) is 35.9 Å². The lowest BCUT2D eigenvalue weighted by Gasteiger charge is -2.22. The average Bonchev–Trinajstić information content (AvgIpc) is 3.01. The number of benzene rings is 2. The number of fused-ring (bicyclic) bond motifs is 1. The van der Waals surface area contributed by atoms with E-state index in [1.165, 1.54) is 0 Å². The van der Waals surface area contributed by atoms with E-state index >= 15 is 0 Å². The molecule has 0 bridgehead atoms.